The summed E-state index contributed by atoms with van der Waals surface area (Å²) in [5.74, 6) is -2.00. The van der Waals surface area contributed by atoms with E-state index in [0.717, 1.165) is 3.57 Å². The van der Waals surface area contributed by atoms with Crippen LogP contribution in [0.25, 0.3) is 0 Å². The highest BCUT2D eigenvalue weighted by Gasteiger charge is 2.18. The molecule has 2 aromatic rings. The van der Waals surface area contributed by atoms with E-state index in [0.29, 0.717) is 17.7 Å². The summed E-state index contributed by atoms with van der Waals surface area (Å²) < 4.78 is 23.7. The number of nitrogens with two attached hydrogens (primary N) is 1. The first kappa shape index (κ1) is 29.3. The molecule has 0 bridgehead atoms. The molecule has 0 fully saturated rings. The van der Waals surface area contributed by atoms with Gasteiger partial charge in [0.1, 0.15) is 6.29 Å². The average Bonchev–Trinajstić information content (AvgIpc) is 2.78. The molecular formula is C22H26IN5O7S. The van der Waals surface area contributed by atoms with E-state index >= 15 is 0 Å². The molecule has 0 aromatic heterocycles. The number of hydrogen-bond donors (Lipinski definition) is 4. The lowest BCUT2D eigenvalue weighted by Crippen LogP contribution is -2.44. The number of amides is 2. The van der Waals surface area contributed by atoms with E-state index in [1.807, 2.05) is 12.1 Å². The zero-order valence-corrected chi connectivity index (χ0v) is 22.1. The number of carboxylic acids is 1. The van der Waals surface area contributed by atoms with E-state index in [-0.39, 0.29) is 37.6 Å². The van der Waals surface area contributed by atoms with E-state index in [1.165, 1.54) is 34.1 Å². The highest BCUT2D eigenvalue weighted by Crippen LogP contribution is 2.13. The van der Waals surface area contributed by atoms with Crippen LogP contribution < -0.4 is 15.8 Å². The van der Waals surface area contributed by atoms with Crippen LogP contribution in [-0.2, 0) is 29.2 Å². The number of carboxylic acid groups (broad SMARTS) is 1. The first-order valence-corrected chi connectivity index (χ1v) is 13.2. The second kappa shape index (κ2) is 14.0. The Hall–Kier alpha value is -2.92. The van der Waals surface area contributed by atoms with Crippen LogP contribution in [0, 0.1) is 3.57 Å². The summed E-state index contributed by atoms with van der Waals surface area (Å²) in [5, 5.41) is 19.5. The number of primary sulfonamides is 1. The highest BCUT2D eigenvalue weighted by molar-refractivity contribution is 14.1. The van der Waals surface area contributed by atoms with Gasteiger partial charge in [-0.05, 0) is 71.1 Å². The Balaban J connectivity index is 1.94. The SMILES string of the molecule is NS(=O)(=O)c1ccc(NC(=O)CN(CC=O)CCN(CC(=O)O)CC(=O)Nc2ccc(I)cc2)cc1. The van der Waals surface area contributed by atoms with Crippen LogP contribution in [0.1, 0.15) is 0 Å². The van der Waals surface area contributed by atoms with Crippen molar-refractivity contribution < 1.29 is 32.7 Å². The van der Waals surface area contributed by atoms with Gasteiger partial charge < -0.3 is 20.5 Å². The minimum Gasteiger partial charge on any atom is -0.480 e. The fraction of sp³-hybridized carbons (Fsp3) is 0.273. The summed E-state index contributed by atoms with van der Waals surface area (Å²) in [7, 11) is -3.86. The molecule has 0 radical (unpaired) electrons. The normalized spacial score (nSPS) is 11.3. The van der Waals surface area contributed by atoms with Crippen LogP contribution in [0.15, 0.2) is 53.4 Å². The monoisotopic (exact) mass is 631 g/mol. The summed E-state index contributed by atoms with van der Waals surface area (Å²) >= 11 is 2.13. The molecule has 194 valence electrons. The summed E-state index contributed by atoms with van der Waals surface area (Å²) in [6.45, 7) is -0.635. The largest absolute Gasteiger partial charge is 0.480 e. The van der Waals surface area contributed by atoms with Crippen molar-refractivity contribution >= 4 is 68.1 Å². The van der Waals surface area contributed by atoms with Crippen LogP contribution in [-0.4, -0.2) is 86.7 Å². The molecule has 0 atom stereocenters. The Kier molecular flexibility index (Phi) is 11.4. The molecule has 0 spiro atoms. The maximum Gasteiger partial charge on any atom is 0.317 e. The maximum atomic E-state index is 12.4. The molecule has 0 saturated carbocycles. The van der Waals surface area contributed by atoms with Crippen molar-refractivity contribution in [3.8, 4) is 0 Å². The van der Waals surface area contributed by atoms with Crippen LogP contribution in [0.2, 0.25) is 0 Å². The number of carbonyl (C=O) groups excluding carboxylic acids is 3. The van der Waals surface area contributed by atoms with Gasteiger partial charge in [0.25, 0.3) is 0 Å². The summed E-state index contributed by atoms with van der Waals surface area (Å²) in [4.78, 5) is 50.0. The number of rotatable bonds is 14. The molecule has 14 heteroatoms. The molecule has 2 aromatic carbocycles. The number of sulfonamides is 1. The number of carbonyl (C=O) groups is 4. The van der Waals surface area contributed by atoms with Crippen molar-refractivity contribution in [1.82, 2.24) is 9.80 Å². The van der Waals surface area contributed by atoms with Gasteiger partial charge in [0.2, 0.25) is 21.8 Å². The molecular weight excluding hydrogens is 605 g/mol. The third-order valence-corrected chi connectivity index (χ3v) is 6.40. The number of aliphatic carboxylic acids is 1. The Bertz CT molecular complexity index is 1170. The molecule has 12 nitrogen and oxygen atoms in total. The van der Waals surface area contributed by atoms with Crippen molar-refractivity contribution in [3.63, 3.8) is 0 Å². The third-order valence-electron chi connectivity index (χ3n) is 4.75. The number of nitrogens with zero attached hydrogens (tertiary/aromatic N) is 2. The van der Waals surface area contributed by atoms with Crippen molar-refractivity contribution in [2.24, 2.45) is 5.14 Å². The van der Waals surface area contributed by atoms with Gasteiger partial charge in [-0.1, -0.05) is 0 Å². The van der Waals surface area contributed by atoms with E-state index in [4.69, 9.17) is 5.14 Å². The van der Waals surface area contributed by atoms with Crippen molar-refractivity contribution in [1.29, 1.82) is 0 Å². The molecule has 5 N–H and O–H groups in total. The summed E-state index contributed by atoms with van der Waals surface area (Å²) in [5.41, 5.74) is 0.908. The van der Waals surface area contributed by atoms with Gasteiger partial charge in [0.15, 0.2) is 0 Å². The second-order valence-corrected chi connectivity index (χ2v) is 10.5. The number of anilines is 2. The minimum atomic E-state index is -3.86. The van der Waals surface area contributed by atoms with E-state index in [9.17, 15) is 32.7 Å². The molecule has 0 aliphatic rings. The van der Waals surface area contributed by atoms with E-state index < -0.39 is 34.4 Å². The topological polar surface area (TPSA) is 179 Å². The number of benzene rings is 2. The predicted molar refractivity (Wildman–Crippen MR) is 141 cm³/mol. The predicted octanol–water partition coefficient (Wildman–Crippen LogP) is 0.403. The number of halogens is 1. The summed E-state index contributed by atoms with van der Waals surface area (Å²) in [6, 6.07) is 12.4. The third kappa shape index (κ3) is 10.8. The average molecular weight is 631 g/mol. The Morgan fingerprint density at radius 1 is 0.861 bits per heavy atom. The minimum absolute atomic E-state index is 0.0897. The molecule has 0 heterocycles. The molecule has 0 aliphatic carbocycles. The Morgan fingerprint density at radius 2 is 1.33 bits per heavy atom. The number of nitrogens with one attached hydrogen (secondary N) is 2. The van der Waals surface area contributed by atoms with Gasteiger partial charge in [-0.25, -0.2) is 13.6 Å². The molecule has 0 saturated heterocycles. The summed E-state index contributed by atoms with van der Waals surface area (Å²) in [6.07, 6.45) is 0.610. The lowest BCUT2D eigenvalue weighted by atomic mass is 10.3. The van der Waals surface area contributed by atoms with E-state index in [2.05, 4.69) is 33.2 Å². The molecule has 36 heavy (non-hydrogen) atoms. The van der Waals surface area contributed by atoms with Crippen LogP contribution in [0.5, 0.6) is 0 Å². The van der Waals surface area contributed by atoms with Gasteiger partial charge in [-0.15, -0.1) is 0 Å². The lowest BCUT2D eigenvalue weighted by Gasteiger charge is -2.25. The van der Waals surface area contributed by atoms with Gasteiger partial charge in [-0.3, -0.25) is 24.2 Å². The quantitative estimate of drug-likeness (QED) is 0.170. The van der Waals surface area contributed by atoms with E-state index in [1.54, 1.807) is 12.1 Å². The molecule has 2 rings (SSSR count). The van der Waals surface area contributed by atoms with Gasteiger partial charge >= 0.3 is 5.97 Å². The van der Waals surface area contributed by atoms with Gasteiger partial charge in [-0.2, -0.15) is 0 Å². The maximum absolute atomic E-state index is 12.4. The first-order valence-electron chi connectivity index (χ1n) is 10.5. The van der Waals surface area contributed by atoms with Gasteiger partial charge in [0, 0.05) is 28.0 Å². The number of aldehydes is 1. The lowest BCUT2D eigenvalue weighted by molar-refractivity contribution is -0.138. The Labute approximate surface area is 222 Å². The van der Waals surface area contributed by atoms with Crippen LogP contribution in [0.4, 0.5) is 11.4 Å². The van der Waals surface area contributed by atoms with Crippen molar-refractivity contribution in [3.05, 3.63) is 52.1 Å². The van der Waals surface area contributed by atoms with Gasteiger partial charge in [0.05, 0.1) is 31.1 Å². The highest BCUT2D eigenvalue weighted by atomic mass is 127. The van der Waals surface area contributed by atoms with Crippen molar-refractivity contribution in [2.75, 3.05) is 49.9 Å². The fourth-order valence-corrected chi connectivity index (χ4v) is 3.97. The fourth-order valence-electron chi connectivity index (χ4n) is 3.10. The van der Waals surface area contributed by atoms with Crippen LogP contribution in [0.3, 0.4) is 0 Å². The Morgan fingerprint density at radius 3 is 1.81 bits per heavy atom. The molecule has 0 unspecified atom stereocenters. The zero-order chi connectivity index (χ0) is 26.7. The van der Waals surface area contributed by atoms with Crippen molar-refractivity contribution in [2.45, 2.75) is 4.90 Å². The zero-order valence-electron chi connectivity index (χ0n) is 19.1. The molecule has 2 amide bonds. The standard InChI is InChI=1S/C22H26IN5O7S/c23-16-1-3-17(4-2-16)25-21(31)14-28(15-22(32)33)10-9-27(11-12-29)13-20(30)26-18-5-7-19(8-6-18)36(24,34)35/h1-8,12H,9-11,13-15H2,(H,25,31)(H,26,30)(H,32,33)(H2,24,34,35). The molecule has 0 aliphatic heterocycles. The smallest absolute Gasteiger partial charge is 0.317 e. The second-order valence-electron chi connectivity index (χ2n) is 7.68. The first-order chi connectivity index (χ1) is 17.0. The van der Waals surface area contributed by atoms with Crippen LogP contribution >= 0.6 is 22.6 Å². The number of hydrogen-bond acceptors (Lipinski definition) is 8.